The van der Waals surface area contributed by atoms with E-state index in [4.69, 9.17) is 5.73 Å². The van der Waals surface area contributed by atoms with Gasteiger partial charge in [0.1, 0.15) is 23.1 Å². The molecule has 0 aliphatic rings. The molecule has 0 aliphatic carbocycles. The molecule has 1 heterocycles. The third kappa shape index (κ3) is 2.27. The van der Waals surface area contributed by atoms with Crippen LogP contribution >= 0.6 is 0 Å². The fourth-order valence-corrected chi connectivity index (χ4v) is 2.31. The van der Waals surface area contributed by atoms with Crippen molar-refractivity contribution in [1.29, 1.82) is 0 Å². The van der Waals surface area contributed by atoms with E-state index in [-0.39, 0.29) is 5.82 Å². The molecule has 0 spiro atoms. The average Bonchev–Trinajstić information content (AvgIpc) is 2.75. The molecule has 5 heteroatoms. The van der Waals surface area contributed by atoms with Crippen molar-refractivity contribution >= 4 is 5.82 Å². The highest BCUT2D eigenvalue weighted by atomic mass is 19.1. The summed E-state index contributed by atoms with van der Waals surface area (Å²) in [5.41, 5.74) is 7.87. The zero-order valence-electron chi connectivity index (χ0n) is 11.3. The molecule has 2 N–H and O–H groups in total. The molecular formula is C16H13F2N3. The van der Waals surface area contributed by atoms with Gasteiger partial charge in [-0.1, -0.05) is 24.3 Å². The third-order valence-electron chi connectivity index (χ3n) is 3.33. The van der Waals surface area contributed by atoms with E-state index in [1.807, 2.05) is 0 Å². The lowest BCUT2D eigenvalue weighted by Crippen LogP contribution is -1.98. The minimum Gasteiger partial charge on any atom is -0.383 e. The molecule has 0 unspecified atom stereocenters. The van der Waals surface area contributed by atoms with Gasteiger partial charge in [0.15, 0.2) is 0 Å². The van der Waals surface area contributed by atoms with Gasteiger partial charge in [0.2, 0.25) is 0 Å². The number of benzene rings is 2. The molecule has 2 aromatic carbocycles. The van der Waals surface area contributed by atoms with Crippen LogP contribution in [0.15, 0.2) is 48.5 Å². The second kappa shape index (κ2) is 5.01. The molecule has 0 atom stereocenters. The molecule has 0 saturated heterocycles. The van der Waals surface area contributed by atoms with E-state index >= 15 is 0 Å². The number of halogens is 2. The van der Waals surface area contributed by atoms with Crippen LogP contribution < -0.4 is 5.73 Å². The van der Waals surface area contributed by atoms with Crippen LogP contribution in [0.25, 0.3) is 22.4 Å². The average molecular weight is 285 g/mol. The van der Waals surface area contributed by atoms with Gasteiger partial charge in [0.25, 0.3) is 0 Å². The summed E-state index contributed by atoms with van der Waals surface area (Å²) in [6.45, 7) is 0. The summed E-state index contributed by atoms with van der Waals surface area (Å²) in [7, 11) is 1.67. The number of rotatable bonds is 2. The first-order chi connectivity index (χ1) is 10.1. The molecule has 0 amide bonds. The van der Waals surface area contributed by atoms with Crippen LogP contribution in [0.5, 0.6) is 0 Å². The first-order valence-electron chi connectivity index (χ1n) is 6.41. The van der Waals surface area contributed by atoms with Crippen LogP contribution in [-0.4, -0.2) is 9.78 Å². The molecule has 0 aliphatic heterocycles. The zero-order chi connectivity index (χ0) is 15.0. The summed E-state index contributed by atoms with van der Waals surface area (Å²) in [5, 5.41) is 4.28. The second-order valence-corrected chi connectivity index (χ2v) is 4.72. The zero-order valence-corrected chi connectivity index (χ0v) is 11.3. The van der Waals surface area contributed by atoms with E-state index in [1.54, 1.807) is 37.4 Å². The van der Waals surface area contributed by atoms with Crippen molar-refractivity contribution in [2.24, 2.45) is 7.05 Å². The summed E-state index contributed by atoms with van der Waals surface area (Å²) < 4.78 is 29.0. The Balaban J connectivity index is 2.29. The lowest BCUT2D eigenvalue weighted by molar-refractivity contribution is 0.628. The SMILES string of the molecule is Cn1nc(-c2ccccc2F)c(-c2cccc(F)c2)c1N. The quantitative estimate of drug-likeness (QED) is 0.781. The topological polar surface area (TPSA) is 43.8 Å². The van der Waals surface area contributed by atoms with Gasteiger partial charge in [-0.05, 0) is 29.8 Å². The molecule has 3 aromatic rings. The van der Waals surface area contributed by atoms with Gasteiger partial charge in [0, 0.05) is 12.6 Å². The van der Waals surface area contributed by atoms with Crippen molar-refractivity contribution in [3.05, 3.63) is 60.2 Å². The van der Waals surface area contributed by atoms with Gasteiger partial charge in [-0.15, -0.1) is 0 Å². The van der Waals surface area contributed by atoms with Crippen molar-refractivity contribution in [3.63, 3.8) is 0 Å². The fraction of sp³-hybridized carbons (Fsp3) is 0.0625. The molecule has 1 aromatic heterocycles. The van der Waals surface area contributed by atoms with Gasteiger partial charge in [-0.3, -0.25) is 4.68 Å². The van der Waals surface area contributed by atoms with Crippen molar-refractivity contribution in [2.75, 3.05) is 5.73 Å². The Hall–Kier alpha value is -2.69. The van der Waals surface area contributed by atoms with Crippen molar-refractivity contribution in [3.8, 4) is 22.4 Å². The lowest BCUT2D eigenvalue weighted by Gasteiger charge is -2.05. The van der Waals surface area contributed by atoms with Crippen LogP contribution in [0.4, 0.5) is 14.6 Å². The Morgan fingerprint density at radius 2 is 1.81 bits per heavy atom. The third-order valence-corrected chi connectivity index (χ3v) is 3.33. The normalized spacial score (nSPS) is 10.8. The smallest absolute Gasteiger partial charge is 0.132 e. The minimum atomic E-state index is -0.395. The summed E-state index contributed by atoms with van der Waals surface area (Å²) in [6.07, 6.45) is 0. The van der Waals surface area contributed by atoms with Crippen LogP contribution in [0.3, 0.4) is 0 Å². The van der Waals surface area contributed by atoms with Gasteiger partial charge in [-0.25, -0.2) is 8.78 Å². The van der Waals surface area contributed by atoms with Crippen molar-refractivity contribution in [2.45, 2.75) is 0 Å². The van der Waals surface area contributed by atoms with E-state index in [2.05, 4.69) is 5.10 Å². The lowest BCUT2D eigenvalue weighted by atomic mass is 10.0. The number of anilines is 1. The van der Waals surface area contributed by atoms with Gasteiger partial charge in [0.05, 0.1) is 5.56 Å². The van der Waals surface area contributed by atoms with E-state index in [9.17, 15) is 8.78 Å². The van der Waals surface area contributed by atoms with Gasteiger partial charge < -0.3 is 5.73 Å². The number of aromatic nitrogens is 2. The highest BCUT2D eigenvalue weighted by Crippen LogP contribution is 2.36. The first kappa shape index (κ1) is 13.3. The Kier molecular flexibility index (Phi) is 3.17. The molecule has 0 bridgehead atoms. The summed E-state index contributed by atoms with van der Waals surface area (Å²) in [5.74, 6) is -0.414. The summed E-state index contributed by atoms with van der Waals surface area (Å²) >= 11 is 0. The molecule has 106 valence electrons. The predicted octanol–water partition coefficient (Wildman–Crippen LogP) is 3.61. The monoisotopic (exact) mass is 285 g/mol. The number of hydrogen-bond donors (Lipinski definition) is 1. The van der Waals surface area contributed by atoms with Crippen molar-refractivity contribution in [1.82, 2.24) is 9.78 Å². The number of aryl methyl sites for hydroxylation is 1. The number of nitrogens with two attached hydrogens (primary N) is 1. The number of nitrogens with zero attached hydrogens (tertiary/aromatic N) is 2. The predicted molar refractivity (Wildman–Crippen MR) is 78.4 cm³/mol. The summed E-state index contributed by atoms with van der Waals surface area (Å²) in [6, 6.07) is 12.3. The Morgan fingerprint density at radius 1 is 1.05 bits per heavy atom. The molecular weight excluding hydrogens is 272 g/mol. The van der Waals surface area contributed by atoms with Crippen LogP contribution in [0.2, 0.25) is 0 Å². The largest absolute Gasteiger partial charge is 0.383 e. The standard InChI is InChI=1S/C16H13F2N3/c1-21-16(19)14(10-5-4-6-11(17)9-10)15(20-21)12-7-2-3-8-13(12)18/h2-9H,19H2,1H3. The first-order valence-corrected chi connectivity index (χ1v) is 6.41. The molecule has 0 radical (unpaired) electrons. The van der Waals surface area contributed by atoms with Crippen LogP contribution in [0.1, 0.15) is 0 Å². The fourth-order valence-electron chi connectivity index (χ4n) is 2.31. The van der Waals surface area contributed by atoms with Crippen LogP contribution in [-0.2, 0) is 7.05 Å². The molecule has 0 fully saturated rings. The molecule has 21 heavy (non-hydrogen) atoms. The van der Waals surface area contributed by atoms with E-state index < -0.39 is 5.82 Å². The second-order valence-electron chi connectivity index (χ2n) is 4.72. The van der Waals surface area contributed by atoms with Crippen LogP contribution in [0, 0.1) is 11.6 Å². The Morgan fingerprint density at radius 3 is 2.52 bits per heavy atom. The molecule has 3 nitrogen and oxygen atoms in total. The highest BCUT2D eigenvalue weighted by Gasteiger charge is 2.19. The van der Waals surface area contributed by atoms with E-state index in [0.717, 1.165) is 0 Å². The Labute approximate surface area is 120 Å². The highest BCUT2D eigenvalue weighted by molar-refractivity contribution is 5.88. The molecule has 0 saturated carbocycles. The Bertz CT molecular complexity index is 809. The number of hydrogen-bond acceptors (Lipinski definition) is 2. The molecule has 3 rings (SSSR count). The summed E-state index contributed by atoms with van der Waals surface area (Å²) in [4.78, 5) is 0. The van der Waals surface area contributed by atoms with Gasteiger partial charge in [-0.2, -0.15) is 5.10 Å². The maximum atomic E-state index is 14.0. The van der Waals surface area contributed by atoms with Gasteiger partial charge >= 0.3 is 0 Å². The van der Waals surface area contributed by atoms with E-state index in [1.165, 1.54) is 22.9 Å². The van der Waals surface area contributed by atoms with E-state index in [0.29, 0.717) is 28.2 Å². The number of nitrogen functional groups attached to an aromatic ring is 1. The maximum absolute atomic E-state index is 14.0. The minimum absolute atomic E-state index is 0.337. The maximum Gasteiger partial charge on any atom is 0.132 e. The van der Waals surface area contributed by atoms with Crippen molar-refractivity contribution < 1.29 is 8.78 Å².